The second-order valence-electron chi connectivity index (χ2n) is 7.71. The number of piperazine rings is 1. The first-order valence-electron chi connectivity index (χ1n) is 10.5. The number of amides is 1. The predicted octanol–water partition coefficient (Wildman–Crippen LogP) is 3.02. The summed E-state index contributed by atoms with van der Waals surface area (Å²) in [5.74, 6) is 0.309. The minimum atomic E-state index is -3.57. The second-order valence-corrected chi connectivity index (χ2v) is 9.64. The Balaban J connectivity index is 1.54. The number of hydrogen-bond donors (Lipinski definition) is 1. The molecule has 1 unspecified atom stereocenters. The van der Waals surface area contributed by atoms with Crippen LogP contribution in [-0.2, 0) is 14.8 Å². The molecule has 7 nitrogen and oxygen atoms in total. The number of nitrogens with one attached hydrogen (secondary N) is 1. The lowest BCUT2D eigenvalue weighted by Gasteiger charge is -2.34. The summed E-state index contributed by atoms with van der Waals surface area (Å²) in [6.07, 6.45) is 1.00. The highest BCUT2D eigenvalue weighted by molar-refractivity contribution is 7.89. The first kappa shape index (κ1) is 22.8. The van der Waals surface area contributed by atoms with Crippen molar-refractivity contribution in [3.05, 3.63) is 59.7 Å². The van der Waals surface area contributed by atoms with Gasteiger partial charge in [0.1, 0.15) is 0 Å². The van der Waals surface area contributed by atoms with E-state index in [0.29, 0.717) is 29.5 Å². The highest BCUT2D eigenvalue weighted by atomic mass is 32.2. The van der Waals surface area contributed by atoms with Crippen LogP contribution in [0.5, 0.6) is 0 Å². The van der Waals surface area contributed by atoms with Gasteiger partial charge in [-0.2, -0.15) is 9.57 Å². The Morgan fingerprint density at radius 1 is 1.06 bits per heavy atom. The van der Waals surface area contributed by atoms with Gasteiger partial charge in [-0.1, -0.05) is 26.0 Å². The van der Waals surface area contributed by atoms with Gasteiger partial charge in [0.25, 0.3) is 0 Å². The summed E-state index contributed by atoms with van der Waals surface area (Å²) in [6.45, 7) is 5.62. The predicted molar refractivity (Wildman–Crippen MR) is 120 cm³/mol. The molecule has 3 rings (SSSR count). The van der Waals surface area contributed by atoms with Crippen LogP contribution in [0.4, 0.5) is 5.69 Å². The number of carbonyl (C=O) groups is 1. The number of rotatable bonds is 7. The Bertz CT molecular complexity index is 1040. The number of nitriles is 1. The monoisotopic (exact) mass is 440 g/mol. The summed E-state index contributed by atoms with van der Waals surface area (Å²) in [6, 6.07) is 16.1. The van der Waals surface area contributed by atoms with Gasteiger partial charge in [-0.25, -0.2) is 8.42 Å². The van der Waals surface area contributed by atoms with E-state index in [9.17, 15) is 13.2 Å². The summed E-state index contributed by atoms with van der Waals surface area (Å²) < 4.78 is 27.4. The average molecular weight is 441 g/mol. The molecule has 0 spiro atoms. The molecule has 164 valence electrons. The number of sulfonamides is 1. The summed E-state index contributed by atoms with van der Waals surface area (Å²) in [5.41, 5.74) is 2.45. The minimum absolute atomic E-state index is 0.0840. The maximum absolute atomic E-state index is 13.0. The minimum Gasteiger partial charge on any atom is -0.376 e. The lowest BCUT2D eigenvalue weighted by molar-refractivity contribution is -0.130. The van der Waals surface area contributed by atoms with Crippen molar-refractivity contribution in [2.45, 2.75) is 31.1 Å². The number of carbonyl (C=O) groups excluding carboxylic acids is 1. The van der Waals surface area contributed by atoms with E-state index in [0.717, 1.165) is 17.7 Å². The molecule has 8 heteroatoms. The summed E-state index contributed by atoms with van der Waals surface area (Å²) in [7, 11) is -3.57. The topological polar surface area (TPSA) is 93.5 Å². The second kappa shape index (κ2) is 9.94. The van der Waals surface area contributed by atoms with Gasteiger partial charge in [-0.3, -0.25) is 4.79 Å². The molecule has 0 aromatic heterocycles. The zero-order valence-electron chi connectivity index (χ0n) is 17.9. The fourth-order valence-electron chi connectivity index (χ4n) is 3.48. The molecule has 0 aliphatic carbocycles. The molecular weight excluding hydrogens is 412 g/mol. The van der Waals surface area contributed by atoms with Crippen LogP contribution >= 0.6 is 0 Å². The van der Waals surface area contributed by atoms with Crippen molar-refractivity contribution in [2.75, 3.05) is 38.0 Å². The first-order chi connectivity index (χ1) is 14.8. The highest BCUT2D eigenvalue weighted by Gasteiger charge is 2.30. The molecule has 1 aliphatic rings. The van der Waals surface area contributed by atoms with Gasteiger partial charge in [0, 0.05) is 31.9 Å². The average Bonchev–Trinajstić information content (AvgIpc) is 2.82. The Kier molecular flexibility index (Phi) is 7.31. The standard InChI is InChI=1S/C23H28N4O3S/c1-3-18(2)20-6-10-22(11-7-20)31(29,30)27-14-12-26(13-15-27)23(28)17-25-21-8-4-19(16-24)5-9-21/h4-11,18,25H,3,12-15,17H2,1-2H3. The van der Waals surface area contributed by atoms with E-state index < -0.39 is 10.0 Å². The van der Waals surface area contributed by atoms with E-state index in [1.165, 1.54) is 4.31 Å². The van der Waals surface area contributed by atoms with Gasteiger partial charge in [-0.05, 0) is 54.3 Å². The summed E-state index contributed by atoms with van der Waals surface area (Å²) in [4.78, 5) is 14.5. The van der Waals surface area contributed by atoms with E-state index in [4.69, 9.17) is 5.26 Å². The van der Waals surface area contributed by atoms with Crippen molar-refractivity contribution in [1.82, 2.24) is 9.21 Å². The molecule has 0 saturated carbocycles. The molecule has 1 heterocycles. The normalized spacial score (nSPS) is 15.8. The number of nitrogens with zero attached hydrogens (tertiary/aromatic N) is 3. The molecule has 0 radical (unpaired) electrons. The molecule has 1 fully saturated rings. The van der Waals surface area contributed by atoms with Crippen molar-refractivity contribution < 1.29 is 13.2 Å². The van der Waals surface area contributed by atoms with E-state index in [2.05, 4.69) is 25.2 Å². The van der Waals surface area contributed by atoms with E-state index in [1.807, 2.05) is 12.1 Å². The maximum atomic E-state index is 13.0. The van der Waals surface area contributed by atoms with Crippen LogP contribution in [0.2, 0.25) is 0 Å². The van der Waals surface area contributed by atoms with Crippen molar-refractivity contribution in [3.8, 4) is 6.07 Å². The van der Waals surface area contributed by atoms with Crippen molar-refractivity contribution in [3.63, 3.8) is 0 Å². The van der Waals surface area contributed by atoms with Crippen LogP contribution in [0.1, 0.15) is 37.3 Å². The largest absolute Gasteiger partial charge is 0.376 e. The molecule has 1 saturated heterocycles. The zero-order chi connectivity index (χ0) is 22.4. The van der Waals surface area contributed by atoms with Gasteiger partial charge in [0.15, 0.2) is 0 Å². The van der Waals surface area contributed by atoms with Gasteiger partial charge in [-0.15, -0.1) is 0 Å². The molecule has 2 aromatic carbocycles. The Hall–Kier alpha value is -2.89. The zero-order valence-corrected chi connectivity index (χ0v) is 18.7. The molecule has 1 amide bonds. The smallest absolute Gasteiger partial charge is 0.243 e. The fourth-order valence-corrected chi connectivity index (χ4v) is 4.91. The number of hydrogen-bond acceptors (Lipinski definition) is 5. The number of anilines is 1. The maximum Gasteiger partial charge on any atom is 0.243 e. The van der Waals surface area contributed by atoms with Crippen LogP contribution in [0.3, 0.4) is 0 Å². The van der Waals surface area contributed by atoms with E-state index >= 15 is 0 Å². The van der Waals surface area contributed by atoms with Crippen LogP contribution in [0.15, 0.2) is 53.4 Å². The van der Waals surface area contributed by atoms with Crippen LogP contribution in [0.25, 0.3) is 0 Å². The van der Waals surface area contributed by atoms with Crippen LogP contribution < -0.4 is 5.32 Å². The van der Waals surface area contributed by atoms with E-state index in [1.54, 1.807) is 41.3 Å². The van der Waals surface area contributed by atoms with Gasteiger partial charge in [0.2, 0.25) is 15.9 Å². The van der Waals surface area contributed by atoms with Crippen molar-refractivity contribution in [1.29, 1.82) is 5.26 Å². The Morgan fingerprint density at radius 3 is 2.23 bits per heavy atom. The Labute approximate surface area is 184 Å². The summed E-state index contributed by atoms with van der Waals surface area (Å²) >= 11 is 0. The van der Waals surface area contributed by atoms with Crippen LogP contribution in [0, 0.1) is 11.3 Å². The molecular formula is C23H28N4O3S. The lowest BCUT2D eigenvalue weighted by Crippen LogP contribution is -2.51. The third kappa shape index (κ3) is 5.43. The summed E-state index contributed by atoms with van der Waals surface area (Å²) in [5, 5.41) is 11.9. The first-order valence-corrected chi connectivity index (χ1v) is 11.9. The SMILES string of the molecule is CCC(C)c1ccc(S(=O)(=O)N2CCN(C(=O)CNc3ccc(C#N)cc3)CC2)cc1. The van der Waals surface area contributed by atoms with Crippen molar-refractivity contribution >= 4 is 21.6 Å². The molecule has 1 N–H and O–H groups in total. The highest BCUT2D eigenvalue weighted by Crippen LogP contribution is 2.23. The molecule has 1 atom stereocenters. The van der Waals surface area contributed by atoms with Crippen molar-refractivity contribution in [2.24, 2.45) is 0 Å². The third-order valence-electron chi connectivity index (χ3n) is 5.75. The number of benzene rings is 2. The molecule has 2 aromatic rings. The fraction of sp³-hybridized carbons (Fsp3) is 0.391. The van der Waals surface area contributed by atoms with Gasteiger partial charge in [0.05, 0.1) is 23.1 Å². The van der Waals surface area contributed by atoms with Gasteiger partial charge < -0.3 is 10.2 Å². The van der Waals surface area contributed by atoms with Crippen LogP contribution in [-0.4, -0.2) is 56.3 Å². The molecule has 1 aliphatic heterocycles. The van der Waals surface area contributed by atoms with Gasteiger partial charge >= 0.3 is 0 Å². The molecule has 0 bridgehead atoms. The van der Waals surface area contributed by atoms with E-state index in [-0.39, 0.29) is 25.5 Å². The molecule has 31 heavy (non-hydrogen) atoms. The third-order valence-corrected chi connectivity index (χ3v) is 7.66. The quantitative estimate of drug-likeness (QED) is 0.714. The lowest BCUT2D eigenvalue weighted by atomic mass is 9.99. The Morgan fingerprint density at radius 2 is 1.68 bits per heavy atom.